The highest BCUT2D eigenvalue weighted by Crippen LogP contribution is 2.21. The number of rotatable bonds is 6. The third-order valence-electron chi connectivity index (χ3n) is 3.03. The Morgan fingerprint density at radius 1 is 1.21 bits per heavy atom. The van der Waals surface area contributed by atoms with Gasteiger partial charge in [-0.2, -0.15) is 0 Å². The maximum Gasteiger partial charge on any atom is 0.0829 e. The van der Waals surface area contributed by atoms with Crippen LogP contribution in [0.5, 0.6) is 0 Å². The SMILES string of the molecule is CC(C)Cc1cn(C(C)(C)CCOC(C)(C)C)nn1. The van der Waals surface area contributed by atoms with Crippen molar-refractivity contribution < 1.29 is 4.74 Å². The Hall–Kier alpha value is -0.900. The molecule has 0 aliphatic carbocycles. The highest BCUT2D eigenvalue weighted by Gasteiger charge is 2.23. The van der Waals surface area contributed by atoms with Gasteiger partial charge >= 0.3 is 0 Å². The minimum absolute atomic E-state index is 0.0620. The van der Waals surface area contributed by atoms with Crippen LogP contribution in [-0.4, -0.2) is 27.2 Å². The molecule has 0 fully saturated rings. The summed E-state index contributed by atoms with van der Waals surface area (Å²) in [5, 5.41) is 8.52. The van der Waals surface area contributed by atoms with E-state index in [9.17, 15) is 0 Å². The molecule has 4 heteroatoms. The van der Waals surface area contributed by atoms with Gasteiger partial charge in [0.2, 0.25) is 0 Å². The standard InChI is InChI=1S/C15H29N3O/c1-12(2)10-13-11-18(17-16-13)15(6,7)8-9-19-14(3,4)5/h11-12H,8-10H2,1-7H3. The summed E-state index contributed by atoms with van der Waals surface area (Å²) in [6.45, 7) is 15.7. The largest absolute Gasteiger partial charge is 0.376 e. The van der Waals surface area contributed by atoms with E-state index in [1.54, 1.807) is 0 Å². The van der Waals surface area contributed by atoms with Crippen LogP contribution in [0.25, 0.3) is 0 Å². The molecule has 0 saturated carbocycles. The molecular weight excluding hydrogens is 238 g/mol. The Labute approximate surface area is 117 Å². The summed E-state index contributed by atoms with van der Waals surface area (Å²) in [4.78, 5) is 0. The molecule has 0 bridgehead atoms. The fourth-order valence-electron chi connectivity index (χ4n) is 1.83. The molecule has 0 aromatic carbocycles. The van der Waals surface area contributed by atoms with Crippen molar-refractivity contribution in [2.24, 2.45) is 5.92 Å². The molecule has 0 spiro atoms. The van der Waals surface area contributed by atoms with Crippen LogP contribution in [0, 0.1) is 5.92 Å². The monoisotopic (exact) mass is 267 g/mol. The maximum atomic E-state index is 5.80. The van der Waals surface area contributed by atoms with Crippen molar-refractivity contribution in [3.8, 4) is 0 Å². The van der Waals surface area contributed by atoms with E-state index < -0.39 is 0 Å². The number of ether oxygens (including phenoxy) is 1. The van der Waals surface area contributed by atoms with Gasteiger partial charge in [-0.3, -0.25) is 0 Å². The summed E-state index contributed by atoms with van der Waals surface area (Å²) in [6, 6.07) is 0. The van der Waals surface area contributed by atoms with Gasteiger partial charge in [-0.05, 0) is 53.4 Å². The lowest BCUT2D eigenvalue weighted by Crippen LogP contribution is -2.30. The summed E-state index contributed by atoms with van der Waals surface area (Å²) < 4.78 is 7.77. The van der Waals surface area contributed by atoms with E-state index in [4.69, 9.17) is 4.74 Å². The molecule has 1 aromatic heterocycles. The van der Waals surface area contributed by atoms with E-state index >= 15 is 0 Å². The zero-order valence-corrected chi connectivity index (χ0v) is 13.5. The van der Waals surface area contributed by atoms with Gasteiger partial charge in [0.1, 0.15) is 0 Å². The summed E-state index contributed by atoms with van der Waals surface area (Å²) >= 11 is 0. The van der Waals surface area contributed by atoms with E-state index in [0.29, 0.717) is 5.92 Å². The zero-order valence-electron chi connectivity index (χ0n) is 13.5. The fourth-order valence-corrected chi connectivity index (χ4v) is 1.83. The second-order valence-corrected chi connectivity index (χ2v) is 7.28. The normalized spacial score (nSPS) is 13.3. The molecule has 1 rings (SSSR count). The quantitative estimate of drug-likeness (QED) is 0.793. The smallest absolute Gasteiger partial charge is 0.0829 e. The van der Waals surface area contributed by atoms with Crippen LogP contribution >= 0.6 is 0 Å². The summed E-state index contributed by atoms with van der Waals surface area (Å²) in [5.41, 5.74) is 0.925. The molecule has 0 unspecified atom stereocenters. The molecule has 1 aromatic rings. The third kappa shape index (κ3) is 5.72. The highest BCUT2D eigenvalue weighted by atomic mass is 16.5. The van der Waals surface area contributed by atoms with E-state index in [0.717, 1.165) is 25.1 Å². The predicted molar refractivity (Wildman–Crippen MR) is 78.2 cm³/mol. The van der Waals surface area contributed by atoms with Crippen LogP contribution in [0.1, 0.15) is 60.6 Å². The van der Waals surface area contributed by atoms with E-state index in [1.807, 2.05) is 4.68 Å². The average molecular weight is 267 g/mol. The van der Waals surface area contributed by atoms with Gasteiger partial charge in [-0.25, -0.2) is 4.68 Å². The molecule has 0 saturated heterocycles. The second-order valence-electron chi connectivity index (χ2n) is 7.28. The van der Waals surface area contributed by atoms with Gasteiger partial charge in [-0.1, -0.05) is 19.1 Å². The van der Waals surface area contributed by atoms with Crippen LogP contribution in [0.2, 0.25) is 0 Å². The third-order valence-corrected chi connectivity index (χ3v) is 3.03. The lowest BCUT2D eigenvalue weighted by atomic mass is 10.0. The average Bonchev–Trinajstić information content (AvgIpc) is 2.63. The van der Waals surface area contributed by atoms with Crippen LogP contribution in [0.3, 0.4) is 0 Å². The fraction of sp³-hybridized carbons (Fsp3) is 0.867. The Bertz CT molecular complexity index is 388. The first kappa shape index (κ1) is 16.2. The second kappa shape index (κ2) is 6.04. The molecule has 19 heavy (non-hydrogen) atoms. The Morgan fingerprint density at radius 2 is 1.84 bits per heavy atom. The molecule has 0 radical (unpaired) electrons. The van der Waals surface area contributed by atoms with Crippen LogP contribution in [0.15, 0.2) is 6.20 Å². The molecule has 110 valence electrons. The van der Waals surface area contributed by atoms with Gasteiger partial charge in [-0.15, -0.1) is 5.10 Å². The molecule has 0 aliphatic heterocycles. The summed E-state index contributed by atoms with van der Waals surface area (Å²) in [5.74, 6) is 0.609. The van der Waals surface area contributed by atoms with Crippen LogP contribution in [-0.2, 0) is 16.7 Å². The van der Waals surface area contributed by atoms with E-state index in [-0.39, 0.29) is 11.1 Å². The van der Waals surface area contributed by atoms with E-state index in [2.05, 4.69) is 65.0 Å². The number of aromatic nitrogens is 3. The lowest BCUT2D eigenvalue weighted by Gasteiger charge is -2.27. The Balaban J connectivity index is 2.58. The first-order valence-corrected chi connectivity index (χ1v) is 7.16. The van der Waals surface area contributed by atoms with Crippen molar-refractivity contribution in [1.29, 1.82) is 0 Å². The van der Waals surface area contributed by atoms with Gasteiger partial charge in [0.25, 0.3) is 0 Å². The van der Waals surface area contributed by atoms with Crippen molar-refractivity contribution in [1.82, 2.24) is 15.0 Å². The van der Waals surface area contributed by atoms with Crippen molar-refractivity contribution >= 4 is 0 Å². The minimum Gasteiger partial charge on any atom is -0.376 e. The van der Waals surface area contributed by atoms with Crippen LogP contribution in [0.4, 0.5) is 0 Å². The predicted octanol–water partition coefficient (Wildman–Crippen LogP) is 3.42. The van der Waals surface area contributed by atoms with Gasteiger partial charge in [0.15, 0.2) is 0 Å². The molecule has 0 atom stereocenters. The zero-order chi connectivity index (χ0) is 14.7. The lowest BCUT2D eigenvalue weighted by molar-refractivity contribution is -0.0153. The molecule has 0 amide bonds. The van der Waals surface area contributed by atoms with E-state index in [1.165, 1.54) is 0 Å². The summed E-state index contributed by atoms with van der Waals surface area (Å²) in [6.07, 6.45) is 3.97. The Morgan fingerprint density at radius 3 is 2.37 bits per heavy atom. The van der Waals surface area contributed by atoms with Crippen molar-refractivity contribution in [3.63, 3.8) is 0 Å². The maximum absolute atomic E-state index is 5.80. The Kier molecular flexibility index (Phi) is 5.13. The molecular formula is C15H29N3O. The number of hydrogen-bond donors (Lipinski definition) is 0. The number of hydrogen-bond acceptors (Lipinski definition) is 3. The number of nitrogens with zero attached hydrogens (tertiary/aromatic N) is 3. The molecule has 4 nitrogen and oxygen atoms in total. The molecule has 1 heterocycles. The van der Waals surface area contributed by atoms with Crippen molar-refractivity contribution in [2.75, 3.05) is 6.61 Å². The first-order valence-electron chi connectivity index (χ1n) is 7.16. The topological polar surface area (TPSA) is 39.9 Å². The molecule has 0 N–H and O–H groups in total. The summed E-state index contributed by atoms with van der Waals surface area (Å²) in [7, 11) is 0. The van der Waals surface area contributed by atoms with Crippen molar-refractivity contribution in [2.45, 2.75) is 72.4 Å². The van der Waals surface area contributed by atoms with Gasteiger partial charge in [0, 0.05) is 12.8 Å². The van der Waals surface area contributed by atoms with Gasteiger partial charge < -0.3 is 4.74 Å². The molecule has 0 aliphatic rings. The first-order chi connectivity index (χ1) is 8.60. The van der Waals surface area contributed by atoms with Crippen LogP contribution < -0.4 is 0 Å². The van der Waals surface area contributed by atoms with Crippen molar-refractivity contribution in [3.05, 3.63) is 11.9 Å². The minimum atomic E-state index is -0.0821. The highest BCUT2D eigenvalue weighted by molar-refractivity contribution is 4.96. The van der Waals surface area contributed by atoms with Gasteiger partial charge in [0.05, 0.1) is 16.8 Å².